The van der Waals surface area contributed by atoms with Crippen LogP contribution in [0.15, 0.2) is 0 Å². The fraction of sp³-hybridized carbons (Fsp3) is 1.00. The molecule has 110 valence electrons. The average molecular weight is 294 g/mol. The first-order chi connectivity index (χ1) is 8.28. The molecule has 0 aromatic heterocycles. The molecule has 1 N–H and O–H groups in total. The van der Waals surface area contributed by atoms with Crippen LogP contribution in [0.3, 0.4) is 0 Å². The van der Waals surface area contributed by atoms with Crippen molar-refractivity contribution in [2.75, 3.05) is 12.4 Å². The Morgan fingerprint density at radius 2 is 1.50 bits per heavy atom. The van der Waals surface area contributed by atoms with E-state index in [-0.39, 0.29) is 12.8 Å². The summed E-state index contributed by atoms with van der Waals surface area (Å²) in [6, 6.07) is 0. The van der Waals surface area contributed by atoms with Crippen molar-refractivity contribution in [2.24, 2.45) is 0 Å². The summed E-state index contributed by atoms with van der Waals surface area (Å²) in [6.45, 7) is -0.467. The quantitative estimate of drug-likeness (QED) is 0.383. The molecule has 3 atom stereocenters. The summed E-state index contributed by atoms with van der Waals surface area (Å²) in [7, 11) is -4.66. The zero-order valence-electron chi connectivity index (χ0n) is 9.87. The van der Waals surface area contributed by atoms with Gasteiger partial charge in [-0.2, -0.15) is 8.42 Å². The molecule has 0 radical (unpaired) electrons. The van der Waals surface area contributed by atoms with E-state index in [1.807, 2.05) is 0 Å². The molecule has 18 heavy (non-hydrogen) atoms. The molecule has 3 nitrogen and oxygen atoms in total. The van der Waals surface area contributed by atoms with E-state index >= 15 is 0 Å². The van der Waals surface area contributed by atoms with Gasteiger partial charge < -0.3 is 0 Å². The summed E-state index contributed by atoms with van der Waals surface area (Å²) >= 11 is 0. The number of rotatable bonds is 10. The van der Waals surface area contributed by atoms with E-state index in [9.17, 15) is 26.0 Å². The van der Waals surface area contributed by atoms with Crippen LogP contribution in [0, 0.1) is 0 Å². The molecule has 0 saturated heterocycles. The fourth-order valence-corrected chi connectivity index (χ4v) is 2.05. The van der Waals surface area contributed by atoms with Crippen molar-refractivity contribution in [1.29, 1.82) is 0 Å². The highest BCUT2D eigenvalue weighted by Crippen LogP contribution is 2.19. The van der Waals surface area contributed by atoms with Gasteiger partial charge in [0.1, 0.15) is 11.9 Å². The van der Waals surface area contributed by atoms with Gasteiger partial charge in [0.25, 0.3) is 10.1 Å². The normalized spacial score (nSPS) is 17.4. The molecule has 0 heterocycles. The van der Waals surface area contributed by atoms with Gasteiger partial charge in [0.05, 0.1) is 6.67 Å². The molecule has 0 saturated carbocycles. The number of alkyl halides is 4. The minimum Gasteiger partial charge on any atom is -0.285 e. The summed E-state index contributed by atoms with van der Waals surface area (Å²) in [4.78, 5) is 0. The molecule has 0 aliphatic rings. The molecule has 0 fully saturated rings. The molecular formula is C10H18F4O3S. The Hall–Kier alpha value is -0.370. The molecule has 0 aliphatic carbocycles. The third-order valence-corrected chi connectivity index (χ3v) is 3.16. The van der Waals surface area contributed by atoms with Crippen LogP contribution in [0.5, 0.6) is 0 Å². The van der Waals surface area contributed by atoms with Crippen molar-refractivity contribution >= 4 is 10.1 Å². The van der Waals surface area contributed by atoms with Crippen molar-refractivity contribution in [3.8, 4) is 0 Å². The van der Waals surface area contributed by atoms with Gasteiger partial charge in [0.2, 0.25) is 0 Å². The van der Waals surface area contributed by atoms with Gasteiger partial charge in [-0.25, -0.2) is 13.2 Å². The molecule has 0 aromatic carbocycles. The molecular weight excluding hydrogens is 276 g/mol. The van der Waals surface area contributed by atoms with Gasteiger partial charge in [0, 0.05) is 0 Å². The first-order valence-electron chi connectivity index (χ1n) is 5.71. The van der Waals surface area contributed by atoms with Crippen LogP contribution in [0.4, 0.5) is 17.6 Å². The van der Waals surface area contributed by atoms with Gasteiger partial charge in [-0.05, 0) is 12.8 Å². The lowest BCUT2D eigenvalue weighted by Gasteiger charge is -2.16. The second-order valence-electron chi connectivity index (χ2n) is 4.12. The number of unbranched alkanes of at least 4 members (excludes halogenated alkanes) is 3. The molecule has 8 heteroatoms. The Bertz CT molecular complexity index is 310. The largest absolute Gasteiger partial charge is 0.285 e. The van der Waals surface area contributed by atoms with Crippen molar-refractivity contribution in [2.45, 2.75) is 50.6 Å². The standard InChI is InChI=1S/C10H18F4O3S/c11-6-4-2-1-3-5-8(12)10(14)9(13)7-18(15,16)17/h8-10H,1-7H2,(H,15,16,17). The first kappa shape index (κ1) is 17.6. The highest BCUT2D eigenvalue weighted by molar-refractivity contribution is 7.85. The Morgan fingerprint density at radius 1 is 0.944 bits per heavy atom. The van der Waals surface area contributed by atoms with Gasteiger partial charge in [-0.15, -0.1) is 0 Å². The minimum atomic E-state index is -4.66. The molecule has 0 bridgehead atoms. The summed E-state index contributed by atoms with van der Waals surface area (Å²) in [5.41, 5.74) is 0. The number of hydrogen-bond donors (Lipinski definition) is 1. The van der Waals surface area contributed by atoms with Crippen LogP contribution in [0.2, 0.25) is 0 Å². The lowest BCUT2D eigenvalue weighted by atomic mass is 10.0. The molecule has 0 rings (SSSR count). The molecule has 0 spiro atoms. The molecule has 0 amide bonds. The first-order valence-corrected chi connectivity index (χ1v) is 7.32. The maximum atomic E-state index is 13.2. The van der Waals surface area contributed by atoms with Gasteiger partial charge in [-0.1, -0.05) is 19.3 Å². The number of halogens is 4. The van der Waals surface area contributed by atoms with E-state index < -0.39 is 41.1 Å². The van der Waals surface area contributed by atoms with E-state index in [1.165, 1.54) is 0 Å². The predicted molar refractivity (Wildman–Crippen MR) is 60.2 cm³/mol. The van der Waals surface area contributed by atoms with Gasteiger partial charge in [0.15, 0.2) is 12.3 Å². The van der Waals surface area contributed by atoms with Crippen LogP contribution < -0.4 is 0 Å². The summed E-state index contributed by atoms with van der Waals surface area (Å²) in [5.74, 6) is -1.45. The topological polar surface area (TPSA) is 54.4 Å². The van der Waals surface area contributed by atoms with Crippen LogP contribution >= 0.6 is 0 Å². The van der Waals surface area contributed by atoms with Crippen molar-refractivity contribution in [1.82, 2.24) is 0 Å². The monoisotopic (exact) mass is 294 g/mol. The average Bonchev–Trinajstić information content (AvgIpc) is 2.25. The van der Waals surface area contributed by atoms with Crippen LogP contribution in [0.1, 0.15) is 32.1 Å². The lowest BCUT2D eigenvalue weighted by Crippen LogP contribution is -2.33. The highest BCUT2D eigenvalue weighted by Gasteiger charge is 2.32. The number of hydrogen-bond acceptors (Lipinski definition) is 2. The zero-order valence-corrected chi connectivity index (χ0v) is 10.7. The van der Waals surface area contributed by atoms with E-state index in [2.05, 4.69) is 0 Å². The van der Waals surface area contributed by atoms with Gasteiger partial charge in [-0.3, -0.25) is 8.94 Å². The van der Waals surface area contributed by atoms with Crippen LogP contribution in [-0.2, 0) is 10.1 Å². The predicted octanol–water partition coefficient (Wildman–Crippen LogP) is 2.81. The summed E-state index contributed by atoms with van der Waals surface area (Å²) in [6.07, 6.45) is -5.85. The maximum Gasteiger partial charge on any atom is 0.267 e. The highest BCUT2D eigenvalue weighted by atomic mass is 32.2. The molecule has 3 unspecified atom stereocenters. The smallest absolute Gasteiger partial charge is 0.267 e. The zero-order chi connectivity index (χ0) is 14.2. The van der Waals surface area contributed by atoms with Crippen LogP contribution in [0.25, 0.3) is 0 Å². The second-order valence-corrected chi connectivity index (χ2v) is 5.61. The fourth-order valence-electron chi connectivity index (χ4n) is 1.47. The van der Waals surface area contributed by atoms with Gasteiger partial charge >= 0.3 is 0 Å². The van der Waals surface area contributed by atoms with Crippen molar-refractivity contribution in [3.63, 3.8) is 0 Å². The maximum absolute atomic E-state index is 13.2. The summed E-state index contributed by atoms with van der Waals surface area (Å²) in [5, 5.41) is 0. The molecule has 0 aliphatic heterocycles. The Labute approximate surface area is 104 Å². The molecule has 0 aromatic rings. The Balaban J connectivity index is 3.91. The van der Waals surface area contributed by atoms with E-state index in [0.29, 0.717) is 19.3 Å². The van der Waals surface area contributed by atoms with E-state index in [1.54, 1.807) is 0 Å². The van der Waals surface area contributed by atoms with Crippen LogP contribution in [-0.4, -0.2) is 43.9 Å². The Kier molecular flexibility index (Phi) is 8.51. The minimum absolute atomic E-state index is 0.251. The second kappa shape index (κ2) is 8.68. The third-order valence-electron chi connectivity index (χ3n) is 2.42. The Morgan fingerprint density at radius 3 is 2.00 bits per heavy atom. The SMILES string of the molecule is O=S(=O)(O)CC(F)C(F)C(F)CCCCCCF. The van der Waals surface area contributed by atoms with Crippen molar-refractivity contribution in [3.05, 3.63) is 0 Å². The van der Waals surface area contributed by atoms with E-state index in [4.69, 9.17) is 4.55 Å². The van der Waals surface area contributed by atoms with Crippen molar-refractivity contribution < 1.29 is 30.5 Å². The summed E-state index contributed by atoms with van der Waals surface area (Å²) < 4.78 is 79.8. The van der Waals surface area contributed by atoms with E-state index in [0.717, 1.165) is 0 Å². The lowest BCUT2D eigenvalue weighted by molar-refractivity contribution is 0.0853. The third kappa shape index (κ3) is 8.68.